The third kappa shape index (κ3) is 9.31. The Morgan fingerprint density at radius 1 is 0.615 bits per heavy atom. The topological polar surface area (TPSA) is 36.9 Å². The molecule has 26 heavy (non-hydrogen) atoms. The van der Waals surface area contributed by atoms with E-state index in [9.17, 15) is 0 Å². The highest BCUT2D eigenvalue weighted by atomic mass is 17.3. The van der Waals surface area contributed by atoms with Gasteiger partial charge in [-0.05, 0) is 40.5 Å². The Hall–Kier alpha value is -0.680. The van der Waals surface area contributed by atoms with Crippen LogP contribution >= 0.6 is 0 Å². The van der Waals surface area contributed by atoms with Gasteiger partial charge in [0.15, 0.2) is 0 Å². The van der Waals surface area contributed by atoms with Gasteiger partial charge in [0.1, 0.15) is 11.2 Å². The Labute approximate surface area is 160 Å². The van der Waals surface area contributed by atoms with E-state index in [4.69, 9.17) is 19.6 Å². The summed E-state index contributed by atoms with van der Waals surface area (Å²) in [5, 5.41) is 0. The summed E-state index contributed by atoms with van der Waals surface area (Å²) < 4.78 is 0. The average Bonchev–Trinajstić information content (AvgIpc) is 2.61. The van der Waals surface area contributed by atoms with E-state index in [1.807, 2.05) is 27.7 Å². The second-order valence-electron chi connectivity index (χ2n) is 8.54. The Morgan fingerprint density at radius 3 is 1.23 bits per heavy atom. The molecule has 0 saturated heterocycles. The van der Waals surface area contributed by atoms with Gasteiger partial charge in [-0.25, -0.2) is 9.78 Å². The van der Waals surface area contributed by atoms with Gasteiger partial charge in [0.2, 0.25) is 5.79 Å². The summed E-state index contributed by atoms with van der Waals surface area (Å²) >= 11 is 0. The molecule has 0 aromatic heterocycles. The van der Waals surface area contributed by atoms with Crippen LogP contribution in [0.4, 0.5) is 0 Å². The third-order valence-electron chi connectivity index (χ3n) is 4.92. The molecule has 0 spiro atoms. The average molecular weight is 369 g/mol. The Morgan fingerprint density at radius 2 is 0.923 bits per heavy atom. The number of hydrogen-bond donors (Lipinski definition) is 0. The van der Waals surface area contributed by atoms with E-state index in [1.165, 1.54) is 44.9 Å². The molecule has 1 aliphatic carbocycles. The lowest BCUT2D eigenvalue weighted by molar-refractivity contribution is -0.539. The maximum absolute atomic E-state index is 5.92. The zero-order valence-electron chi connectivity index (χ0n) is 17.5. The molecule has 0 aromatic carbocycles. The van der Waals surface area contributed by atoms with Crippen molar-refractivity contribution in [2.75, 3.05) is 0 Å². The van der Waals surface area contributed by atoms with Gasteiger partial charge in [-0.1, -0.05) is 57.1 Å². The van der Waals surface area contributed by atoms with Crippen LogP contribution < -0.4 is 0 Å². The Kier molecular flexibility index (Phi) is 10.1. The van der Waals surface area contributed by atoms with E-state index >= 15 is 0 Å². The molecule has 0 aliphatic heterocycles. The SMILES string of the molecule is C=CC(C)(C)OOC1(OOC(C)(C)C=C)CCCCCCCCCCC1. The Bertz CT molecular complexity index is 376. The molecule has 0 heterocycles. The van der Waals surface area contributed by atoms with Crippen LogP contribution in [0.2, 0.25) is 0 Å². The van der Waals surface area contributed by atoms with Crippen molar-refractivity contribution in [2.45, 2.75) is 115 Å². The fraction of sp³-hybridized carbons (Fsp3) is 0.818. The lowest BCUT2D eigenvalue weighted by Crippen LogP contribution is -2.41. The van der Waals surface area contributed by atoms with Gasteiger partial charge in [0, 0.05) is 12.8 Å². The van der Waals surface area contributed by atoms with Gasteiger partial charge in [0.05, 0.1) is 0 Å². The van der Waals surface area contributed by atoms with Crippen molar-refractivity contribution in [3.8, 4) is 0 Å². The first-order valence-electron chi connectivity index (χ1n) is 10.3. The second kappa shape index (κ2) is 11.2. The maximum atomic E-state index is 5.92. The lowest BCUT2D eigenvalue weighted by atomic mass is 9.97. The maximum Gasteiger partial charge on any atom is 0.234 e. The van der Waals surface area contributed by atoms with Gasteiger partial charge < -0.3 is 0 Å². The molecular weight excluding hydrogens is 328 g/mol. The van der Waals surface area contributed by atoms with E-state index in [1.54, 1.807) is 12.2 Å². The van der Waals surface area contributed by atoms with Crippen molar-refractivity contribution in [2.24, 2.45) is 0 Å². The quantitative estimate of drug-likeness (QED) is 0.204. The van der Waals surface area contributed by atoms with Crippen molar-refractivity contribution in [1.29, 1.82) is 0 Å². The fourth-order valence-corrected chi connectivity index (χ4v) is 2.77. The first kappa shape index (κ1) is 23.4. The fourth-order valence-electron chi connectivity index (χ4n) is 2.77. The smallest absolute Gasteiger partial charge is 0.223 e. The first-order valence-corrected chi connectivity index (χ1v) is 10.3. The zero-order valence-corrected chi connectivity index (χ0v) is 17.5. The molecule has 0 amide bonds. The summed E-state index contributed by atoms with van der Waals surface area (Å²) in [6.07, 6.45) is 15.8. The summed E-state index contributed by atoms with van der Waals surface area (Å²) in [5.41, 5.74) is -1.18. The van der Waals surface area contributed by atoms with Crippen molar-refractivity contribution >= 4 is 0 Å². The highest BCUT2D eigenvalue weighted by Crippen LogP contribution is 2.33. The standard InChI is InChI=1S/C22H40O4/c1-7-20(3,4)23-25-22(26-24-21(5,6)8-2)18-16-14-12-10-9-11-13-15-17-19-22/h7-8H,1-2,9-19H2,3-6H3. The predicted molar refractivity (Wildman–Crippen MR) is 106 cm³/mol. The van der Waals surface area contributed by atoms with E-state index in [0.717, 1.165) is 25.7 Å². The molecule has 1 fully saturated rings. The van der Waals surface area contributed by atoms with E-state index in [-0.39, 0.29) is 0 Å². The first-order chi connectivity index (χ1) is 12.2. The highest BCUT2D eigenvalue weighted by Gasteiger charge is 2.38. The van der Waals surface area contributed by atoms with Crippen molar-refractivity contribution in [3.63, 3.8) is 0 Å². The summed E-state index contributed by atoms with van der Waals surface area (Å²) in [7, 11) is 0. The van der Waals surface area contributed by atoms with Crippen LogP contribution in [-0.2, 0) is 19.6 Å². The predicted octanol–water partition coefficient (Wildman–Crippen LogP) is 6.81. The van der Waals surface area contributed by atoms with Crippen LogP contribution in [0.25, 0.3) is 0 Å². The van der Waals surface area contributed by atoms with Crippen molar-refractivity contribution in [1.82, 2.24) is 0 Å². The Balaban J connectivity index is 2.86. The zero-order chi connectivity index (χ0) is 19.5. The molecule has 0 aromatic rings. The number of hydrogen-bond acceptors (Lipinski definition) is 4. The van der Waals surface area contributed by atoms with Gasteiger partial charge in [0.25, 0.3) is 0 Å². The van der Waals surface area contributed by atoms with Crippen LogP contribution in [0.15, 0.2) is 25.3 Å². The molecule has 0 radical (unpaired) electrons. The minimum Gasteiger partial charge on any atom is -0.223 e. The van der Waals surface area contributed by atoms with Crippen LogP contribution in [0, 0.1) is 0 Å². The number of rotatable bonds is 8. The van der Waals surface area contributed by atoms with Crippen molar-refractivity contribution in [3.05, 3.63) is 25.3 Å². The summed E-state index contributed by atoms with van der Waals surface area (Å²) in [6.45, 7) is 15.3. The molecule has 0 N–H and O–H groups in total. The minimum atomic E-state index is -0.903. The molecule has 0 atom stereocenters. The van der Waals surface area contributed by atoms with Crippen LogP contribution in [0.1, 0.15) is 98.3 Å². The lowest BCUT2D eigenvalue weighted by Gasteiger charge is -2.36. The largest absolute Gasteiger partial charge is 0.234 e. The van der Waals surface area contributed by atoms with Crippen LogP contribution in [-0.4, -0.2) is 17.0 Å². The normalized spacial score (nSPS) is 20.6. The van der Waals surface area contributed by atoms with Gasteiger partial charge >= 0.3 is 0 Å². The highest BCUT2D eigenvalue weighted by molar-refractivity contribution is 4.89. The minimum absolute atomic E-state index is 0.589. The summed E-state index contributed by atoms with van der Waals surface area (Å²) in [5.74, 6) is -0.903. The summed E-state index contributed by atoms with van der Waals surface area (Å²) in [4.78, 5) is 23.2. The molecule has 152 valence electrons. The van der Waals surface area contributed by atoms with Gasteiger partial charge in [-0.15, -0.1) is 13.2 Å². The van der Waals surface area contributed by atoms with Crippen LogP contribution in [0.3, 0.4) is 0 Å². The molecule has 1 aliphatic rings. The molecule has 4 heteroatoms. The molecule has 1 rings (SSSR count). The third-order valence-corrected chi connectivity index (χ3v) is 4.92. The van der Waals surface area contributed by atoms with E-state index < -0.39 is 17.0 Å². The summed E-state index contributed by atoms with van der Waals surface area (Å²) in [6, 6.07) is 0. The molecule has 4 nitrogen and oxygen atoms in total. The molecule has 0 unspecified atom stereocenters. The van der Waals surface area contributed by atoms with E-state index in [2.05, 4.69) is 13.2 Å². The van der Waals surface area contributed by atoms with E-state index in [0.29, 0.717) is 0 Å². The molecular formula is C22H40O4. The second-order valence-corrected chi connectivity index (χ2v) is 8.54. The molecule has 0 bridgehead atoms. The van der Waals surface area contributed by atoms with Crippen LogP contribution in [0.5, 0.6) is 0 Å². The van der Waals surface area contributed by atoms with Crippen molar-refractivity contribution < 1.29 is 19.6 Å². The molecule has 1 saturated carbocycles. The van der Waals surface area contributed by atoms with Gasteiger partial charge in [-0.2, -0.15) is 9.78 Å². The van der Waals surface area contributed by atoms with Gasteiger partial charge in [-0.3, -0.25) is 0 Å². The monoisotopic (exact) mass is 368 g/mol.